The molecule has 734 valence electrons. The van der Waals surface area contributed by atoms with Gasteiger partial charge in [-0.3, -0.25) is 0 Å². The minimum Gasteiger partial charge on any atom is -0.491 e. The molecule has 0 saturated heterocycles. The van der Waals surface area contributed by atoms with E-state index >= 15 is 0 Å². The van der Waals surface area contributed by atoms with E-state index in [1.807, 2.05) is 24.3 Å². The molecule has 0 radical (unpaired) electrons. The van der Waals surface area contributed by atoms with Crippen molar-refractivity contribution in [2.24, 2.45) is 0 Å². The van der Waals surface area contributed by atoms with Crippen LogP contribution in [0.15, 0.2) is 188 Å². The number of aryl methyl sites for hydroxylation is 8. The van der Waals surface area contributed by atoms with Gasteiger partial charge in [-0.2, -0.15) is 0 Å². The van der Waals surface area contributed by atoms with E-state index in [4.69, 9.17) is 114 Å². The fourth-order valence-corrected chi connectivity index (χ4v) is 14.7. The van der Waals surface area contributed by atoms with Gasteiger partial charge in [0.15, 0.2) is 11.5 Å². The van der Waals surface area contributed by atoms with E-state index in [1.165, 1.54) is 66.1 Å². The van der Waals surface area contributed by atoms with Gasteiger partial charge in [-0.1, -0.05) is 168 Å². The minimum absolute atomic E-state index is 0.0240. The van der Waals surface area contributed by atoms with Crippen LogP contribution in [-0.2, 0) is 87.1 Å². The lowest BCUT2D eigenvalue weighted by Gasteiger charge is -2.19. The summed E-state index contributed by atoms with van der Waals surface area (Å²) in [6.07, 6.45) is 0. The zero-order valence-electron chi connectivity index (χ0n) is 82.6. The van der Waals surface area contributed by atoms with Crippen LogP contribution >= 0.6 is 0 Å². The quantitative estimate of drug-likeness (QED) is 0.0276. The van der Waals surface area contributed by atoms with Crippen LogP contribution in [0.3, 0.4) is 0 Å². The zero-order valence-corrected chi connectivity index (χ0v) is 82.6. The van der Waals surface area contributed by atoms with Crippen LogP contribution < -0.4 is 28.4 Å². The lowest BCUT2D eigenvalue weighted by Crippen LogP contribution is -2.12. The van der Waals surface area contributed by atoms with Gasteiger partial charge in [0, 0.05) is 84.0 Å². The molecule has 24 heteroatoms. The number of aliphatic hydroxyl groups is 1. The van der Waals surface area contributed by atoms with Crippen molar-refractivity contribution in [2.75, 3.05) is 268 Å². The Morgan fingerprint density at radius 3 is 0.956 bits per heavy atom. The summed E-state index contributed by atoms with van der Waals surface area (Å²) in [5.74, 6) is 4.64. The molecule has 12 aromatic rings. The van der Waals surface area contributed by atoms with Crippen LogP contribution in [0.4, 0.5) is 0 Å². The van der Waals surface area contributed by atoms with Gasteiger partial charge in [-0.15, -0.1) is 0 Å². The summed E-state index contributed by atoms with van der Waals surface area (Å²) >= 11 is 0. The van der Waals surface area contributed by atoms with Gasteiger partial charge in [-0.05, 0) is 186 Å². The highest BCUT2D eigenvalue weighted by Gasteiger charge is 2.21. The van der Waals surface area contributed by atoms with Crippen molar-refractivity contribution in [3.63, 3.8) is 0 Å². The molecular weight excluding hydrogens is 1720 g/mol. The Bertz CT molecular complexity index is 5140. The van der Waals surface area contributed by atoms with E-state index in [1.54, 1.807) is 56.9 Å². The first-order valence-electron chi connectivity index (χ1n) is 46.4. The first-order chi connectivity index (χ1) is 66.0. The van der Waals surface area contributed by atoms with Crippen molar-refractivity contribution in [1.82, 2.24) is 0 Å². The number of hydrogen-bond acceptors (Lipinski definition) is 24. The first-order valence-corrected chi connectivity index (χ1v) is 46.4. The maximum atomic E-state index is 9.04. The third-order valence-corrected chi connectivity index (χ3v) is 21.4. The predicted octanol–water partition coefficient (Wildman–Crippen LogP) is 20.1. The van der Waals surface area contributed by atoms with E-state index in [0.29, 0.717) is 216 Å². The summed E-state index contributed by atoms with van der Waals surface area (Å²) in [4.78, 5) is 0. The van der Waals surface area contributed by atoms with Crippen molar-refractivity contribution in [3.8, 4) is 67.9 Å². The molecule has 1 N–H and O–H groups in total. The Hall–Kier alpha value is -9.98. The molecule has 0 saturated carbocycles. The van der Waals surface area contributed by atoms with Gasteiger partial charge in [0.2, 0.25) is 0 Å². The molecule has 12 rings (SSSR count). The lowest BCUT2D eigenvalue weighted by molar-refractivity contribution is 0.0263. The summed E-state index contributed by atoms with van der Waals surface area (Å²) in [6.45, 7) is 33.0. The normalized spacial score (nSPS) is 11.1. The number of ether oxygens (including phenoxy) is 23. The number of rotatable bonds is 58. The third-order valence-electron chi connectivity index (χ3n) is 21.4. The highest BCUT2D eigenvalue weighted by Crippen LogP contribution is 2.45. The van der Waals surface area contributed by atoms with Crippen molar-refractivity contribution in [2.45, 2.75) is 62.0 Å². The molecule has 0 aliphatic rings. The summed E-state index contributed by atoms with van der Waals surface area (Å²) in [5.41, 5.74) is 17.5. The number of aliphatic hydroxyl groups excluding tert-OH is 1. The Morgan fingerprint density at radius 2 is 0.526 bits per heavy atom. The maximum Gasteiger partial charge on any atom is 0.161 e. The van der Waals surface area contributed by atoms with Crippen LogP contribution in [0.2, 0.25) is 0 Å². The highest BCUT2D eigenvalue weighted by molar-refractivity contribution is 6.12. The molecule has 0 amide bonds. The standard InChI is InChI=1S/C44H60O12.C26H34O6.C18H16.C17H22O3.C6H14O3/c1-33-26-38(35-6-8-42(54-23-20-50-15-12-46-3)37(30-35)32-53-19-18-49-11-10-45)40-28-34(2)27-39(41(40)29-33)36-7-9-43(55-24-21-51-16-13-47-4)44(31-36)56-25-22-52-17-14-48-5;1-19-5-7-21-23(17-19)25(31-15-13-29-11-9-27-3)22-8-6-20(2)18-24(22)26(21)32-16-14-30-12-10-28-4;1-13-8-10-18-14(2)17(11-9-16(18)12-13)15-6-4-3-5-7-15;1-13-4-6-16-14(2)17(7-5-15(16)12-13)20-11-10-19-9-8-18-3;1-7-3-5-9-6-4-8-2/h6-9,26-31,45H,10-25,32H2,1-5H3;5-8,17-18H,9-16H2,1-4H3;3-12H,1-2H3;4-7,12H,8-11H2,1-3H3;3-6H2,1-2H3. The lowest BCUT2D eigenvalue weighted by atomic mass is 9.89. The number of hydrogen-bond donors (Lipinski definition) is 1. The van der Waals surface area contributed by atoms with Crippen LogP contribution in [0.1, 0.15) is 50.1 Å². The number of benzene rings is 12. The summed E-state index contributed by atoms with van der Waals surface area (Å²) in [6, 6.07) is 66.2. The van der Waals surface area contributed by atoms with Gasteiger partial charge in [0.1, 0.15) is 62.6 Å². The van der Waals surface area contributed by atoms with Crippen molar-refractivity contribution in [1.29, 1.82) is 0 Å². The number of fused-ring (bicyclic) bond motifs is 5. The number of methoxy groups -OCH3 is 8. The molecule has 0 spiro atoms. The van der Waals surface area contributed by atoms with E-state index in [0.717, 1.165) is 94.3 Å². The van der Waals surface area contributed by atoms with Crippen molar-refractivity contribution < 1.29 is 114 Å². The first kappa shape index (κ1) is 110. The van der Waals surface area contributed by atoms with Crippen LogP contribution in [-0.4, -0.2) is 273 Å². The topological polar surface area (TPSA) is 233 Å². The summed E-state index contributed by atoms with van der Waals surface area (Å²) < 4.78 is 127. The Morgan fingerprint density at radius 1 is 0.200 bits per heavy atom. The molecule has 0 bridgehead atoms. The fraction of sp³-hybridized carbons (Fsp3) is 0.441. The molecule has 0 atom stereocenters. The van der Waals surface area contributed by atoms with E-state index in [2.05, 4.69) is 219 Å². The predicted molar refractivity (Wildman–Crippen MR) is 539 cm³/mol. The molecule has 0 aromatic heterocycles. The molecule has 24 nitrogen and oxygen atoms in total. The second kappa shape index (κ2) is 64.9. The molecule has 0 fully saturated rings. The molecule has 0 heterocycles. The Labute approximate surface area is 799 Å². The third kappa shape index (κ3) is 38.1. The Kier molecular flexibility index (Phi) is 53.1. The average Bonchev–Trinajstić information content (AvgIpc) is 0.750. The maximum absolute atomic E-state index is 9.04. The van der Waals surface area contributed by atoms with E-state index in [9.17, 15) is 0 Å². The van der Waals surface area contributed by atoms with E-state index < -0.39 is 0 Å². The van der Waals surface area contributed by atoms with Gasteiger partial charge in [0.05, 0.1) is 178 Å². The minimum atomic E-state index is -0.0240. The molecule has 0 aliphatic carbocycles. The molecule has 0 aliphatic heterocycles. The molecule has 0 unspecified atom stereocenters. The second-order valence-corrected chi connectivity index (χ2v) is 31.9. The summed E-state index contributed by atoms with van der Waals surface area (Å²) in [5, 5.41) is 20.6. The van der Waals surface area contributed by atoms with Gasteiger partial charge in [0.25, 0.3) is 0 Å². The van der Waals surface area contributed by atoms with Crippen molar-refractivity contribution >= 4 is 53.9 Å². The second-order valence-electron chi connectivity index (χ2n) is 31.9. The van der Waals surface area contributed by atoms with Crippen molar-refractivity contribution in [3.05, 3.63) is 238 Å². The van der Waals surface area contributed by atoms with E-state index in [-0.39, 0.29) is 13.2 Å². The molecular formula is C111H146O24. The molecule has 12 aromatic carbocycles. The van der Waals surface area contributed by atoms with Crippen LogP contribution in [0, 0.1) is 55.4 Å². The zero-order chi connectivity index (χ0) is 96.4. The molecule has 135 heavy (non-hydrogen) atoms. The van der Waals surface area contributed by atoms with Gasteiger partial charge in [-0.25, -0.2) is 0 Å². The SMILES string of the molecule is COCCOCCOC.COCCOCCOc1c2ccc(C)cc2c(OCCOCCOC)c2ccc(C)cc12.COCCOCCOc1ccc(-c2cc(C)cc3c(-c4ccc(OCCOCCOC)c(OCCOCCOC)c4)cc(C)cc23)cc1COCCOCCO.COCCOCCOc1ccc2cc(C)ccc2c1C.Cc1ccc2c(C)c(-c3ccccc3)ccc2c1. The average molecular weight is 1860 g/mol. The van der Waals surface area contributed by atoms with Crippen LogP contribution in [0.25, 0.3) is 87.2 Å². The smallest absolute Gasteiger partial charge is 0.161 e. The largest absolute Gasteiger partial charge is 0.491 e. The summed E-state index contributed by atoms with van der Waals surface area (Å²) in [7, 11) is 13.2. The Balaban J connectivity index is 0.000000236. The van der Waals surface area contributed by atoms with Crippen LogP contribution in [0.5, 0.6) is 34.5 Å². The van der Waals surface area contributed by atoms with Gasteiger partial charge < -0.3 is 114 Å². The highest BCUT2D eigenvalue weighted by atomic mass is 16.6. The van der Waals surface area contributed by atoms with Gasteiger partial charge >= 0.3 is 0 Å². The monoisotopic (exact) mass is 1860 g/mol. The fourth-order valence-electron chi connectivity index (χ4n) is 14.7.